The summed E-state index contributed by atoms with van der Waals surface area (Å²) in [6.07, 6.45) is 9.20. The maximum atomic E-state index is 12.6. The number of carbonyl (C=O) groups is 1. The van der Waals surface area contributed by atoms with Crippen molar-refractivity contribution in [3.05, 3.63) is 29.8 Å². The molecule has 2 heterocycles. The van der Waals surface area contributed by atoms with E-state index in [1.165, 1.54) is 50.8 Å². The molecule has 1 saturated heterocycles. The van der Waals surface area contributed by atoms with Crippen molar-refractivity contribution in [1.82, 2.24) is 15.5 Å². The number of rotatable bonds is 7. The first-order valence-electron chi connectivity index (χ1n) is 11.8. The number of nitrogens with one attached hydrogen (secondary N) is 2. The Kier molecular flexibility index (Phi) is 9.44. The molecule has 1 aromatic rings. The Hall–Kier alpha value is -1.35. The molecule has 1 unspecified atom stereocenters. The summed E-state index contributed by atoms with van der Waals surface area (Å²) in [5.74, 6) is 2.01. The predicted molar refractivity (Wildman–Crippen MR) is 138 cm³/mol. The number of hydrogen-bond donors (Lipinski definition) is 2. The number of likely N-dealkylation sites (tertiary alicyclic amines) is 1. The molecule has 0 radical (unpaired) electrons. The minimum atomic E-state index is 0. The molecule has 1 aliphatic carbocycles. The van der Waals surface area contributed by atoms with E-state index in [0.29, 0.717) is 12.5 Å². The highest BCUT2D eigenvalue weighted by Gasteiger charge is 2.27. The van der Waals surface area contributed by atoms with Gasteiger partial charge < -0.3 is 20.4 Å². The van der Waals surface area contributed by atoms with Crippen LogP contribution in [0.4, 0.5) is 5.69 Å². The molecule has 3 aliphatic rings. The molecule has 0 spiro atoms. The summed E-state index contributed by atoms with van der Waals surface area (Å²) in [5, 5.41) is 6.98. The van der Waals surface area contributed by atoms with Gasteiger partial charge in [-0.25, -0.2) is 0 Å². The zero-order valence-electron chi connectivity index (χ0n) is 18.8. The van der Waals surface area contributed by atoms with E-state index in [1.807, 2.05) is 24.1 Å². The lowest BCUT2D eigenvalue weighted by molar-refractivity contribution is -0.118. The van der Waals surface area contributed by atoms with Crippen molar-refractivity contribution in [3.63, 3.8) is 0 Å². The lowest BCUT2D eigenvalue weighted by Gasteiger charge is -2.21. The summed E-state index contributed by atoms with van der Waals surface area (Å²) < 4.78 is 0. The average Bonchev–Trinajstić information content (AvgIpc) is 3.51. The summed E-state index contributed by atoms with van der Waals surface area (Å²) in [6, 6.07) is 8.72. The van der Waals surface area contributed by atoms with Gasteiger partial charge in [-0.15, -0.1) is 24.0 Å². The van der Waals surface area contributed by atoms with Crippen molar-refractivity contribution in [2.24, 2.45) is 10.9 Å². The summed E-state index contributed by atoms with van der Waals surface area (Å²) in [6.45, 7) is 5.15. The van der Waals surface area contributed by atoms with Gasteiger partial charge in [0.25, 0.3) is 0 Å². The Bertz CT molecular complexity index is 749. The monoisotopic (exact) mass is 539 g/mol. The minimum absolute atomic E-state index is 0. The van der Waals surface area contributed by atoms with E-state index < -0.39 is 0 Å². The first-order chi connectivity index (χ1) is 14.7. The van der Waals surface area contributed by atoms with Gasteiger partial charge in [-0.05, 0) is 49.7 Å². The lowest BCUT2D eigenvalue weighted by atomic mass is 10.1. The first kappa shape index (κ1) is 24.3. The third-order valence-corrected chi connectivity index (χ3v) is 6.88. The number of halogens is 1. The molecule has 31 heavy (non-hydrogen) atoms. The average molecular weight is 540 g/mol. The molecule has 0 aromatic heterocycles. The molecule has 1 saturated carbocycles. The number of guanidine groups is 1. The van der Waals surface area contributed by atoms with Crippen molar-refractivity contribution in [2.45, 2.75) is 57.4 Å². The standard InChI is InChI=1S/C24H37N5O.HI/c1-25-24(27-21-13-15-28(18-21)17-19-7-2-3-8-19)26-14-6-11-23(30)29-16-12-20-9-4-5-10-22(20)29;/h4-5,9-10,19,21H,2-3,6-8,11-18H2,1H3,(H2,25,26,27);1H. The van der Waals surface area contributed by atoms with E-state index in [0.717, 1.165) is 50.0 Å². The van der Waals surface area contributed by atoms with Gasteiger partial charge in [0, 0.05) is 57.9 Å². The Labute approximate surface area is 204 Å². The van der Waals surface area contributed by atoms with Crippen molar-refractivity contribution >= 4 is 41.5 Å². The lowest BCUT2D eigenvalue weighted by Crippen LogP contribution is -2.45. The van der Waals surface area contributed by atoms with Gasteiger partial charge in [0.1, 0.15) is 0 Å². The summed E-state index contributed by atoms with van der Waals surface area (Å²) in [7, 11) is 1.83. The van der Waals surface area contributed by atoms with Crippen LogP contribution in [0.3, 0.4) is 0 Å². The molecule has 0 bridgehead atoms. The zero-order chi connectivity index (χ0) is 20.8. The number of aliphatic imine (C=N–C) groups is 1. The number of benzene rings is 1. The molecule has 4 rings (SSSR count). The number of nitrogens with zero attached hydrogens (tertiary/aromatic N) is 3. The van der Waals surface area contributed by atoms with Crippen LogP contribution in [0.15, 0.2) is 29.3 Å². The van der Waals surface area contributed by atoms with E-state index in [4.69, 9.17) is 0 Å². The number of anilines is 1. The van der Waals surface area contributed by atoms with E-state index in [1.54, 1.807) is 0 Å². The Morgan fingerprint density at radius 1 is 1.16 bits per heavy atom. The number of hydrogen-bond acceptors (Lipinski definition) is 3. The summed E-state index contributed by atoms with van der Waals surface area (Å²) >= 11 is 0. The normalized spacial score (nSPS) is 21.8. The maximum Gasteiger partial charge on any atom is 0.227 e. The molecular weight excluding hydrogens is 501 g/mol. The van der Waals surface area contributed by atoms with Crippen LogP contribution < -0.4 is 15.5 Å². The van der Waals surface area contributed by atoms with Crippen LogP contribution in [0.1, 0.15) is 50.5 Å². The SMILES string of the molecule is CN=C(NCCCC(=O)N1CCc2ccccc21)NC1CCN(CC2CCCC2)C1.I. The zero-order valence-corrected chi connectivity index (χ0v) is 21.1. The van der Waals surface area contributed by atoms with Crippen molar-refractivity contribution in [3.8, 4) is 0 Å². The molecule has 1 atom stereocenters. The van der Waals surface area contributed by atoms with E-state index >= 15 is 0 Å². The molecule has 1 aromatic carbocycles. The van der Waals surface area contributed by atoms with Gasteiger partial charge in [-0.2, -0.15) is 0 Å². The number of amides is 1. The van der Waals surface area contributed by atoms with Crippen molar-refractivity contribution < 1.29 is 4.79 Å². The molecule has 2 N–H and O–H groups in total. The molecule has 6 nitrogen and oxygen atoms in total. The highest BCUT2D eigenvalue weighted by Crippen LogP contribution is 2.28. The van der Waals surface area contributed by atoms with Crippen LogP contribution >= 0.6 is 24.0 Å². The first-order valence-corrected chi connectivity index (χ1v) is 11.8. The largest absolute Gasteiger partial charge is 0.356 e. The van der Waals surface area contributed by atoms with Crippen molar-refractivity contribution in [2.75, 3.05) is 44.7 Å². The smallest absolute Gasteiger partial charge is 0.227 e. The number of fused-ring (bicyclic) bond motifs is 1. The highest BCUT2D eigenvalue weighted by atomic mass is 127. The maximum absolute atomic E-state index is 12.6. The molecule has 2 aliphatic heterocycles. The van der Waals surface area contributed by atoms with Gasteiger partial charge in [-0.3, -0.25) is 9.79 Å². The molecule has 172 valence electrons. The fourth-order valence-electron chi connectivity index (χ4n) is 5.24. The van der Waals surface area contributed by atoms with E-state index in [-0.39, 0.29) is 29.9 Å². The molecule has 7 heteroatoms. The Balaban J connectivity index is 0.00000272. The quantitative estimate of drug-likeness (QED) is 0.242. The van der Waals surface area contributed by atoms with Crippen LogP contribution in [-0.4, -0.2) is 62.6 Å². The second-order valence-electron chi connectivity index (χ2n) is 9.07. The van der Waals surface area contributed by atoms with Crippen molar-refractivity contribution in [1.29, 1.82) is 0 Å². The summed E-state index contributed by atoms with van der Waals surface area (Å²) in [4.78, 5) is 21.6. The summed E-state index contributed by atoms with van der Waals surface area (Å²) in [5.41, 5.74) is 2.38. The number of para-hydroxylation sites is 1. The van der Waals surface area contributed by atoms with E-state index in [9.17, 15) is 4.79 Å². The van der Waals surface area contributed by atoms with Crippen LogP contribution in [0.5, 0.6) is 0 Å². The molecular formula is C24H38IN5O. The van der Waals surface area contributed by atoms with Gasteiger partial charge in [0.05, 0.1) is 0 Å². The van der Waals surface area contributed by atoms with Gasteiger partial charge in [-0.1, -0.05) is 31.0 Å². The minimum Gasteiger partial charge on any atom is -0.356 e. The fourth-order valence-corrected chi connectivity index (χ4v) is 5.24. The van der Waals surface area contributed by atoms with Crippen LogP contribution in [0, 0.1) is 5.92 Å². The van der Waals surface area contributed by atoms with Gasteiger partial charge >= 0.3 is 0 Å². The number of carbonyl (C=O) groups excluding carboxylic acids is 1. The highest BCUT2D eigenvalue weighted by molar-refractivity contribution is 14.0. The second-order valence-corrected chi connectivity index (χ2v) is 9.07. The second kappa shape index (κ2) is 12.0. The van der Waals surface area contributed by atoms with E-state index in [2.05, 4.69) is 32.7 Å². The van der Waals surface area contributed by atoms with Gasteiger partial charge in [0.2, 0.25) is 5.91 Å². The van der Waals surface area contributed by atoms with Gasteiger partial charge in [0.15, 0.2) is 5.96 Å². The van der Waals surface area contributed by atoms with Crippen LogP contribution in [0.2, 0.25) is 0 Å². The molecule has 1 amide bonds. The fraction of sp³-hybridized carbons (Fsp3) is 0.667. The predicted octanol–water partition coefficient (Wildman–Crippen LogP) is 3.40. The third kappa shape index (κ3) is 6.57. The third-order valence-electron chi connectivity index (χ3n) is 6.88. The topological polar surface area (TPSA) is 60.0 Å². The van der Waals surface area contributed by atoms with Crippen LogP contribution in [-0.2, 0) is 11.2 Å². The Morgan fingerprint density at radius 3 is 2.77 bits per heavy atom. The Morgan fingerprint density at radius 2 is 1.97 bits per heavy atom. The molecule has 2 fully saturated rings. The van der Waals surface area contributed by atoms with Crippen LogP contribution in [0.25, 0.3) is 0 Å².